The number of hydrogen-bond donors (Lipinski definition) is 2. The Morgan fingerprint density at radius 3 is 2.85 bits per heavy atom. The van der Waals surface area contributed by atoms with Gasteiger partial charge in [0.2, 0.25) is 11.8 Å². The Morgan fingerprint density at radius 1 is 1.23 bits per heavy atom. The third-order valence-corrected chi connectivity index (χ3v) is 6.05. The number of rotatable bonds is 8. The van der Waals surface area contributed by atoms with Gasteiger partial charge in [-0.3, -0.25) is 19.7 Å². The maximum Gasteiger partial charge on any atom is 0.255 e. The summed E-state index contributed by atoms with van der Waals surface area (Å²) in [7, 11) is 1.97. The van der Waals surface area contributed by atoms with Crippen LogP contribution in [-0.4, -0.2) is 48.0 Å². The zero-order valence-corrected chi connectivity index (χ0v) is 15.9. The van der Waals surface area contributed by atoms with Crippen molar-refractivity contribution in [3.8, 4) is 0 Å². The maximum absolute atomic E-state index is 12.8. The summed E-state index contributed by atoms with van der Waals surface area (Å²) in [6, 6.07) is 5.25. The summed E-state index contributed by atoms with van der Waals surface area (Å²) in [6.45, 7) is 1.49. The van der Waals surface area contributed by atoms with Gasteiger partial charge >= 0.3 is 0 Å². The molecule has 140 valence electrons. The lowest BCUT2D eigenvalue weighted by atomic mass is 10.0. The number of carbonyl (C=O) groups excluding carboxylic acids is 3. The van der Waals surface area contributed by atoms with Crippen LogP contribution in [0.5, 0.6) is 0 Å². The predicted octanol–water partition coefficient (Wildman–Crippen LogP) is 1.93. The van der Waals surface area contributed by atoms with Gasteiger partial charge in [0.05, 0.1) is 0 Å². The van der Waals surface area contributed by atoms with E-state index in [2.05, 4.69) is 16.7 Å². The highest BCUT2D eigenvalue weighted by Gasteiger charge is 2.39. The second-order valence-corrected chi connectivity index (χ2v) is 7.83. The Bertz CT molecular complexity index is 707. The summed E-state index contributed by atoms with van der Waals surface area (Å²) >= 11 is 1.78. The van der Waals surface area contributed by atoms with Crippen molar-refractivity contribution in [2.45, 2.75) is 49.6 Å². The minimum Gasteiger partial charge on any atom is -0.322 e. The molecule has 2 heterocycles. The van der Waals surface area contributed by atoms with Crippen molar-refractivity contribution in [3.63, 3.8) is 0 Å². The van der Waals surface area contributed by atoms with Crippen LogP contribution >= 0.6 is 11.8 Å². The van der Waals surface area contributed by atoms with E-state index >= 15 is 0 Å². The molecule has 0 bridgehead atoms. The number of hydrogen-bond acceptors (Lipinski definition) is 5. The number of nitrogens with one attached hydrogen (secondary N) is 2. The summed E-state index contributed by atoms with van der Waals surface area (Å²) in [5.41, 5.74) is 1.71. The zero-order valence-electron chi connectivity index (χ0n) is 15.0. The van der Waals surface area contributed by atoms with E-state index in [4.69, 9.17) is 0 Å². The van der Waals surface area contributed by atoms with E-state index in [1.54, 1.807) is 16.7 Å². The number of unbranched alkanes of at least 4 members (excludes halogenated alkanes) is 2. The Labute approximate surface area is 158 Å². The summed E-state index contributed by atoms with van der Waals surface area (Å²) in [5.74, 6) is 0.296. The molecule has 1 aromatic rings. The number of fused-ring (bicyclic) bond motifs is 1. The molecule has 1 saturated heterocycles. The molecular weight excluding hydrogens is 350 g/mol. The molecule has 3 amide bonds. The third-order valence-electron chi connectivity index (χ3n) is 4.87. The molecule has 0 radical (unpaired) electrons. The first-order chi connectivity index (χ1) is 12.6. The Morgan fingerprint density at radius 2 is 2.08 bits per heavy atom. The minimum absolute atomic E-state index is 0.106. The summed E-state index contributed by atoms with van der Waals surface area (Å²) < 4.78 is 0. The molecule has 7 heteroatoms. The first-order valence-electron chi connectivity index (χ1n) is 9.15. The minimum atomic E-state index is -0.549. The normalized spacial score (nSPS) is 19.7. The lowest BCUT2D eigenvalue weighted by Gasteiger charge is -2.29. The van der Waals surface area contributed by atoms with Crippen LogP contribution in [-0.2, 0) is 16.1 Å². The highest BCUT2D eigenvalue weighted by Crippen LogP contribution is 2.34. The Kier molecular flexibility index (Phi) is 6.32. The Hall–Kier alpha value is -1.86. The maximum atomic E-state index is 12.8. The van der Waals surface area contributed by atoms with Gasteiger partial charge in [-0.05, 0) is 56.3 Å². The molecule has 1 aromatic carbocycles. The van der Waals surface area contributed by atoms with Crippen LogP contribution in [0.1, 0.15) is 48.0 Å². The highest BCUT2D eigenvalue weighted by molar-refractivity contribution is 7.99. The van der Waals surface area contributed by atoms with E-state index in [1.807, 2.05) is 19.2 Å². The van der Waals surface area contributed by atoms with Gasteiger partial charge in [-0.15, -0.1) is 11.8 Å². The lowest BCUT2D eigenvalue weighted by molar-refractivity contribution is -0.136. The first kappa shape index (κ1) is 18.9. The van der Waals surface area contributed by atoms with E-state index in [0.717, 1.165) is 29.2 Å². The average molecular weight is 375 g/mol. The van der Waals surface area contributed by atoms with Crippen LogP contribution in [0.3, 0.4) is 0 Å². The standard InChI is InChI=1S/C19H25N3O3S/c1-20-10-3-2-4-11-26-16-7-5-6-13-14(16)12-22(19(13)25)15-8-9-17(23)21-18(15)24/h5-7,15,20H,2-4,8-12H2,1H3,(H,21,23,24). The smallest absolute Gasteiger partial charge is 0.255 e. The molecule has 1 fully saturated rings. The number of nitrogens with zero attached hydrogens (tertiary/aromatic N) is 1. The quantitative estimate of drug-likeness (QED) is 0.412. The predicted molar refractivity (Wildman–Crippen MR) is 101 cm³/mol. The van der Waals surface area contributed by atoms with Crippen molar-refractivity contribution in [1.82, 2.24) is 15.5 Å². The topological polar surface area (TPSA) is 78.5 Å². The fourth-order valence-electron chi connectivity index (χ4n) is 3.46. The van der Waals surface area contributed by atoms with Gasteiger partial charge in [0.25, 0.3) is 5.91 Å². The van der Waals surface area contributed by atoms with E-state index in [1.165, 1.54) is 12.8 Å². The van der Waals surface area contributed by atoms with Gasteiger partial charge in [-0.1, -0.05) is 12.5 Å². The molecule has 26 heavy (non-hydrogen) atoms. The van der Waals surface area contributed by atoms with Gasteiger partial charge in [0, 0.05) is 23.4 Å². The first-order valence-corrected chi connectivity index (χ1v) is 10.1. The molecule has 0 aliphatic carbocycles. The van der Waals surface area contributed by atoms with E-state index < -0.39 is 6.04 Å². The van der Waals surface area contributed by atoms with Crippen LogP contribution in [0, 0.1) is 0 Å². The number of benzene rings is 1. The zero-order chi connectivity index (χ0) is 18.5. The number of imide groups is 1. The van der Waals surface area contributed by atoms with Crippen LogP contribution in [0.15, 0.2) is 23.1 Å². The van der Waals surface area contributed by atoms with Crippen LogP contribution in [0.4, 0.5) is 0 Å². The van der Waals surface area contributed by atoms with Crippen molar-refractivity contribution in [2.75, 3.05) is 19.3 Å². The van der Waals surface area contributed by atoms with E-state index in [-0.39, 0.29) is 24.1 Å². The molecule has 2 aliphatic heterocycles. The third kappa shape index (κ3) is 4.10. The fourth-order valence-corrected chi connectivity index (χ4v) is 4.55. The Balaban J connectivity index is 1.64. The number of thioether (sulfide) groups is 1. The molecule has 0 spiro atoms. The van der Waals surface area contributed by atoms with Crippen LogP contribution in [0.25, 0.3) is 0 Å². The second-order valence-electron chi connectivity index (χ2n) is 6.69. The molecule has 2 aliphatic rings. The monoisotopic (exact) mass is 375 g/mol. The van der Waals surface area contributed by atoms with Crippen molar-refractivity contribution in [2.24, 2.45) is 0 Å². The molecule has 1 atom stereocenters. The van der Waals surface area contributed by atoms with Crippen molar-refractivity contribution in [3.05, 3.63) is 29.3 Å². The van der Waals surface area contributed by atoms with Crippen molar-refractivity contribution >= 4 is 29.5 Å². The molecule has 1 unspecified atom stereocenters. The number of carbonyl (C=O) groups is 3. The lowest BCUT2D eigenvalue weighted by Crippen LogP contribution is -2.52. The average Bonchev–Trinajstić information content (AvgIpc) is 2.96. The van der Waals surface area contributed by atoms with Gasteiger partial charge < -0.3 is 10.2 Å². The van der Waals surface area contributed by atoms with Crippen molar-refractivity contribution < 1.29 is 14.4 Å². The SMILES string of the molecule is CNCCCCCSc1cccc2c1CN(C1CCC(=O)NC1=O)C2=O. The number of amides is 3. The van der Waals surface area contributed by atoms with E-state index in [9.17, 15) is 14.4 Å². The molecule has 0 saturated carbocycles. The van der Waals surface area contributed by atoms with Gasteiger partial charge in [-0.2, -0.15) is 0 Å². The van der Waals surface area contributed by atoms with Gasteiger partial charge in [-0.25, -0.2) is 0 Å². The van der Waals surface area contributed by atoms with E-state index in [0.29, 0.717) is 18.5 Å². The fraction of sp³-hybridized carbons (Fsp3) is 0.526. The molecule has 0 aromatic heterocycles. The molecular formula is C19H25N3O3S. The van der Waals surface area contributed by atoms with Crippen LogP contribution in [0.2, 0.25) is 0 Å². The van der Waals surface area contributed by atoms with Gasteiger partial charge in [0.15, 0.2) is 0 Å². The summed E-state index contributed by atoms with van der Waals surface area (Å²) in [4.78, 5) is 39.0. The number of piperidine rings is 1. The highest BCUT2D eigenvalue weighted by atomic mass is 32.2. The summed E-state index contributed by atoms with van der Waals surface area (Å²) in [5, 5.41) is 5.50. The van der Waals surface area contributed by atoms with Crippen LogP contribution < -0.4 is 10.6 Å². The molecule has 3 rings (SSSR count). The summed E-state index contributed by atoms with van der Waals surface area (Å²) in [6.07, 6.45) is 4.18. The van der Waals surface area contributed by atoms with Gasteiger partial charge in [0.1, 0.15) is 6.04 Å². The largest absolute Gasteiger partial charge is 0.322 e. The second kappa shape index (κ2) is 8.68. The molecule has 2 N–H and O–H groups in total. The molecule has 6 nitrogen and oxygen atoms in total. The van der Waals surface area contributed by atoms with Crippen molar-refractivity contribution in [1.29, 1.82) is 0 Å².